The van der Waals surface area contributed by atoms with Crippen molar-refractivity contribution in [1.29, 1.82) is 0 Å². The highest BCUT2D eigenvalue weighted by atomic mass is 127. The molecule has 0 aliphatic heterocycles. The monoisotopic (exact) mass is 340 g/mol. The second-order valence-electron chi connectivity index (χ2n) is 4.20. The Morgan fingerprint density at radius 2 is 2.27 bits per heavy atom. The molecule has 0 aliphatic carbocycles. The van der Waals surface area contributed by atoms with E-state index in [4.69, 9.17) is 4.74 Å². The lowest BCUT2D eigenvalue weighted by Crippen LogP contribution is -2.23. The quantitative estimate of drug-likeness (QED) is 0.830. The minimum absolute atomic E-state index is 0.149. The second-order valence-corrected chi connectivity index (χ2v) is 7.01. The number of hydrogen-bond donors (Lipinski definition) is 1. The molecule has 0 fully saturated rings. The van der Waals surface area contributed by atoms with Gasteiger partial charge in [0.25, 0.3) is 0 Å². The van der Waals surface area contributed by atoms with Crippen LogP contribution in [0.3, 0.4) is 0 Å². The minimum Gasteiger partial charge on any atom is -0.388 e. The summed E-state index contributed by atoms with van der Waals surface area (Å²) in [4.78, 5) is 0. The van der Waals surface area contributed by atoms with Gasteiger partial charge < -0.3 is 9.84 Å². The Morgan fingerprint density at radius 1 is 1.60 bits per heavy atom. The molecule has 0 amide bonds. The molecule has 0 radical (unpaired) electrons. The topological polar surface area (TPSA) is 29.5 Å². The van der Waals surface area contributed by atoms with Crippen molar-refractivity contribution < 1.29 is 9.84 Å². The van der Waals surface area contributed by atoms with Crippen LogP contribution in [0.4, 0.5) is 0 Å². The largest absolute Gasteiger partial charge is 0.388 e. The van der Waals surface area contributed by atoms with Crippen molar-refractivity contribution in [3.63, 3.8) is 0 Å². The van der Waals surface area contributed by atoms with Crippen molar-refractivity contribution >= 4 is 33.9 Å². The van der Waals surface area contributed by atoms with E-state index in [2.05, 4.69) is 22.6 Å². The zero-order valence-corrected chi connectivity index (χ0v) is 12.3. The van der Waals surface area contributed by atoms with E-state index >= 15 is 0 Å². The lowest BCUT2D eigenvalue weighted by Gasteiger charge is -2.23. The molecule has 1 atom stereocenters. The van der Waals surface area contributed by atoms with Crippen LogP contribution in [0.5, 0.6) is 0 Å². The lowest BCUT2D eigenvalue weighted by molar-refractivity contribution is 0.00282. The zero-order valence-electron chi connectivity index (χ0n) is 9.29. The molecule has 4 heteroatoms. The Kier molecular flexibility index (Phi) is 5.02. The molecule has 0 saturated heterocycles. The van der Waals surface area contributed by atoms with Crippen LogP contribution in [0.2, 0.25) is 0 Å². The fourth-order valence-electron chi connectivity index (χ4n) is 1.25. The smallest absolute Gasteiger partial charge is 0.0799 e. The van der Waals surface area contributed by atoms with Gasteiger partial charge in [-0.05, 0) is 66.3 Å². The summed E-state index contributed by atoms with van der Waals surface area (Å²) in [5, 5.41) is 12.0. The molecule has 0 saturated carbocycles. The number of methoxy groups -OCH3 is 1. The summed E-state index contributed by atoms with van der Waals surface area (Å²) in [6.07, 6.45) is 1.24. The molecular formula is C11H17IO2S. The number of thiophene rings is 1. The normalized spacial score (nSPS) is 14.2. The van der Waals surface area contributed by atoms with Crippen LogP contribution in [0.15, 0.2) is 11.4 Å². The summed E-state index contributed by atoms with van der Waals surface area (Å²) in [7, 11) is 1.71. The van der Waals surface area contributed by atoms with Crippen molar-refractivity contribution in [3.05, 3.63) is 19.9 Å². The van der Waals surface area contributed by atoms with Gasteiger partial charge >= 0.3 is 0 Å². The summed E-state index contributed by atoms with van der Waals surface area (Å²) in [5.41, 5.74) is 0.876. The van der Waals surface area contributed by atoms with Crippen molar-refractivity contribution in [1.82, 2.24) is 0 Å². The van der Waals surface area contributed by atoms with Gasteiger partial charge in [0.1, 0.15) is 0 Å². The summed E-state index contributed by atoms with van der Waals surface area (Å²) in [5.74, 6) is 0. The Bertz CT molecular complexity index is 309. The SMILES string of the molecule is COC(C)(C)CCC(O)c1csc(I)c1. The molecule has 1 heterocycles. The van der Waals surface area contributed by atoms with E-state index in [1.54, 1.807) is 18.4 Å². The summed E-state index contributed by atoms with van der Waals surface area (Å²) >= 11 is 3.94. The van der Waals surface area contributed by atoms with Crippen LogP contribution < -0.4 is 0 Å². The molecular weight excluding hydrogens is 323 g/mol. The van der Waals surface area contributed by atoms with Crippen LogP contribution in [0.1, 0.15) is 38.4 Å². The first-order chi connectivity index (χ1) is 6.94. The van der Waals surface area contributed by atoms with Crippen LogP contribution in [-0.4, -0.2) is 17.8 Å². The lowest BCUT2D eigenvalue weighted by atomic mass is 9.98. The maximum atomic E-state index is 9.94. The minimum atomic E-state index is -0.362. The maximum Gasteiger partial charge on any atom is 0.0799 e. The third kappa shape index (κ3) is 4.38. The van der Waals surface area contributed by atoms with E-state index in [1.807, 2.05) is 25.3 Å². The van der Waals surface area contributed by atoms with Crippen molar-refractivity contribution in [3.8, 4) is 0 Å². The first kappa shape index (κ1) is 13.4. The van der Waals surface area contributed by atoms with Crippen molar-refractivity contribution in [2.45, 2.75) is 38.4 Å². The third-order valence-corrected chi connectivity index (χ3v) is 4.35. The van der Waals surface area contributed by atoms with Crippen LogP contribution in [0.25, 0.3) is 0 Å². The van der Waals surface area contributed by atoms with Crippen LogP contribution in [0, 0.1) is 2.88 Å². The predicted molar refractivity (Wildman–Crippen MR) is 72.3 cm³/mol. The molecule has 86 valence electrons. The highest BCUT2D eigenvalue weighted by molar-refractivity contribution is 14.1. The molecule has 1 aromatic rings. The standard InChI is InChI=1S/C11H17IO2S/c1-11(2,14-3)5-4-9(13)8-6-10(12)15-7-8/h6-7,9,13H,4-5H2,1-3H3. The van der Waals surface area contributed by atoms with E-state index in [0.29, 0.717) is 0 Å². The van der Waals surface area contributed by atoms with E-state index in [-0.39, 0.29) is 11.7 Å². The van der Waals surface area contributed by atoms with E-state index in [0.717, 1.165) is 18.4 Å². The van der Waals surface area contributed by atoms with Gasteiger partial charge in [0, 0.05) is 7.11 Å². The number of rotatable bonds is 5. The van der Waals surface area contributed by atoms with Gasteiger partial charge in [-0.2, -0.15) is 0 Å². The van der Waals surface area contributed by atoms with Gasteiger partial charge in [-0.25, -0.2) is 0 Å². The number of aliphatic hydroxyl groups is 1. The summed E-state index contributed by atoms with van der Waals surface area (Å²) in [6, 6.07) is 2.04. The molecule has 0 spiro atoms. The van der Waals surface area contributed by atoms with Gasteiger partial charge in [0.2, 0.25) is 0 Å². The molecule has 1 unspecified atom stereocenters. The average molecular weight is 340 g/mol. The predicted octanol–water partition coefficient (Wildman–Crippen LogP) is 3.59. The zero-order chi connectivity index (χ0) is 11.5. The molecule has 1 aromatic heterocycles. The number of aliphatic hydroxyl groups excluding tert-OH is 1. The molecule has 2 nitrogen and oxygen atoms in total. The van der Waals surface area contributed by atoms with E-state index in [1.165, 1.54) is 2.88 Å². The van der Waals surface area contributed by atoms with Gasteiger partial charge in [-0.3, -0.25) is 0 Å². The highest BCUT2D eigenvalue weighted by Crippen LogP contribution is 2.27. The van der Waals surface area contributed by atoms with Crippen molar-refractivity contribution in [2.24, 2.45) is 0 Å². The number of halogens is 1. The number of ether oxygens (including phenoxy) is 1. The first-order valence-corrected chi connectivity index (χ1v) is 6.87. The van der Waals surface area contributed by atoms with Crippen LogP contribution >= 0.6 is 33.9 Å². The summed E-state index contributed by atoms with van der Waals surface area (Å²) < 4.78 is 6.53. The molecule has 0 aliphatic rings. The average Bonchev–Trinajstić information content (AvgIpc) is 2.61. The highest BCUT2D eigenvalue weighted by Gasteiger charge is 2.19. The molecule has 0 aromatic carbocycles. The van der Waals surface area contributed by atoms with Crippen molar-refractivity contribution in [2.75, 3.05) is 7.11 Å². The maximum absolute atomic E-state index is 9.94. The summed E-state index contributed by atoms with van der Waals surface area (Å²) in [6.45, 7) is 4.08. The Hall–Kier alpha value is 0.350. The molecule has 1 rings (SSSR count). The van der Waals surface area contributed by atoms with E-state index in [9.17, 15) is 5.11 Å². The fraction of sp³-hybridized carbons (Fsp3) is 0.636. The third-order valence-electron chi connectivity index (χ3n) is 2.54. The first-order valence-electron chi connectivity index (χ1n) is 4.92. The van der Waals surface area contributed by atoms with Gasteiger partial charge in [-0.1, -0.05) is 0 Å². The van der Waals surface area contributed by atoms with E-state index < -0.39 is 0 Å². The Labute approximate surface area is 109 Å². The molecule has 15 heavy (non-hydrogen) atoms. The molecule has 1 N–H and O–H groups in total. The Morgan fingerprint density at radius 3 is 2.73 bits per heavy atom. The van der Waals surface area contributed by atoms with Gasteiger partial charge in [0.15, 0.2) is 0 Å². The van der Waals surface area contributed by atoms with Crippen LogP contribution in [-0.2, 0) is 4.74 Å². The Balaban J connectivity index is 2.46. The fourth-order valence-corrected chi connectivity index (χ4v) is 2.67. The van der Waals surface area contributed by atoms with Gasteiger partial charge in [0.05, 0.1) is 14.6 Å². The number of hydrogen-bond acceptors (Lipinski definition) is 3. The second kappa shape index (κ2) is 5.61. The molecule has 0 bridgehead atoms. The van der Waals surface area contributed by atoms with Gasteiger partial charge in [-0.15, -0.1) is 11.3 Å².